The predicted octanol–water partition coefficient (Wildman–Crippen LogP) is 3.62. The maximum Gasteiger partial charge on any atom is 0.0164 e. The van der Waals surface area contributed by atoms with E-state index in [2.05, 4.69) is 49.2 Å². The van der Waals surface area contributed by atoms with Crippen LogP contribution in [0.3, 0.4) is 0 Å². The molecule has 2 heteroatoms. The maximum absolute atomic E-state index is 2.61. The van der Waals surface area contributed by atoms with Gasteiger partial charge in [0, 0.05) is 17.5 Å². The van der Waals surface area contributed by atoms with E-state index in [-0.39, 0.29) is 12.4 Å². The second-order valence-electron chi connectivity index (χ2n) is 5.61. The van der Waals surface area contributed by atoms with Crippen LogP contribution in [0, 0.1) is 0 Å². The normalized spacial score (nSPS) is 36.6. The first-order chi connectivity index (χ1) is 7.74. The Balaban J connectivity index is 0.00000108. The molecule has 1 aliphatic carbocycles. The minimum absolute atomic E-state index is 0. The van der Waals surface area contributed by atoms with Crippen LogP contribution in [0.15, 0.2) is 30.3 Å². The van der Waals surface area contributed by atoms with Gasteiger partial charge in [0.25, 0.3) is 0 Å². The van der Waals surface area contributed by atoms with Crippen LogP contribution in [0.2, 0.25) is 0 Å². The van der Waals surface area contributed by atoms with E-state index in [4.69, 9.17) is 0 Å². The molecule has 0 N–H and O–H groups in total. The number of rotatable bonds is 1. The second kappa shape index (κ2) is 4.62. The molecule has 0 spiro atoms. The lowest BCUT2D eigenvalue weighted by Gasteiger charge is -2.36. The molecule has 0 amide bonds. The summed E-state index contributed by atoms with van der Waals surface area (Å²) in [6.07, 6.45) is 5.54. The number of benzene rings is 1. The lowest BCUT2D eigenvalue weighted by molar-refractivity contribution is 0.239. The van der Waals surface area contributed by atoms with Gasteiger partial charge in [0.05, 0.1) is 0 Å². The van der Waals surface area contributed by atoms with Crippen molar-refractivity contribution in [2.24, 2.45) is 0 Å². The molecular weight excluding hydrogens is 230 g/mol. The van der Waals surface area contributed by atoms with E-state index >= 15 is 0 Å². The smallest absolute Gasteiger partial charge is 0.0164 e. The fourth-order valence-electron chi connectivity index (χ4n) is 3.98. The lowest BCUT2D eigenvalue weighted by Crippen LogP contribution is -2.38. The minimum atomic E-state index is 0. The van der Waals surface area contributed by atoms with E-state index in [0.29, 0.717) is 11.5 Å². The summed E-state index contributed by atoms with van der Waals surface area (Å²) >= 11 is 0. The van der Waals surface area contributed by atoms with Crippen LogP contribution < -0.4 is 0 Å². The molecule has 17 heavy (non-hydrogen) atoms. The van der Waals surface area contributed by atoms with Crippen molar-refractivity contribution in [3.05, 3.63) is 35.9 Å². The van der Waals surface area contributed by atoms with Gasteiger partial charge in [0.15, 0.2) is 0 Å². The molecule has 1 aromatic rings. The van der Waals surface area contributed by atoms with E-state index < -0.39 is 0 Å². The third-order valence-corrected chi connectivity index (χ3v) is 5.10. The molecule has 1 heterocycles. The summed E-state index contributed by atoms with van der Waals surface area (Å²) in [5.74, 6) is 0. The highest BCUT2D eigenvalue weighted by Crippen LogP contribution is 2.50. The molecule has 0 radical (unpaired) electrons. The van der Waals surface area contributed by atoms with Crippen molar-refractivity contribution in [3.8, 4) is 0 Å². The molecule has 1 saturated heterocycles. The predicted molar refractivity (Wildman–Crippen MR) is 74.8 cm³/mol. The Bertz CT molecular complexity index is 378. The van der Waals surface area contributed by atoms with Gasteiger partial charge in [-0.25, -0.2) is 0 Å². The van der Waals surface area contributed by atoms with E-state index in [1.807, 2.05) is 0 Å². The monoisotopic (exact) mass is 251 g/mol. The Morgan fingerprint density at radius 2 is 1.94 bits per heavy atom. The maximum atomic E-state index is 2.61. The van der Waals surface area contributed by atoms with Gasteiger partial charge < -0.3 is 0 Å². The van der Waals surface area contributed by atoms with Crippen LogP contribution in [0.1, 0.15) is 38.2 Å². The molecule has 1 saturated carbocycles. The Labute approximate surface area is 111 Å². The van der Waals surface area contributed by atoms with Crippen LogP contribution in [-0.2, 0) is 5.41 Å². The Kier molecular flexibility index (Phi) is 3.51. The van der Waals surface area contributed by atoms with Crippen molar-refractivity contribution in [3.63, 3.8) is 0 Å². The van der Waals surface area contributed by atoms with Gasteiger partial charge in [-0.2, -0.15) is 0 Å². The molecular formula is C15H22ClN. The summed E-state index contributed by atoms with van der Waals surface area (Å²) in [6, 6.07) is 12.7. The number of likely N-dealkylation sites (N-methyl/N-ethyl adjacent to an activating group) is 1. The first-order valence-electron chi connectivity index (χ1n) is 6.51. The zero-order valence-corrected chi connectivity index (χ0v) is 11.5. The molecule has 94 valence electrons. The Morgan fingerprint density at radius 1 is 1.24 bits per heavy atom. The van der Waals surface area contributed by atoms with Crippen LogP contribution in [0.5, 0.6) is 0 Å². The van der Waals surface area contributed by atoms with E-state index in [1.165, 1.54) is 25.7 Å². The average molecular weight is 252 g/mol. The van der Waals surface area contributed by atoms with Crippen molar-refractivity contribution in [1.29, 1.82) is 0 Å². The van der Waals surface area contributed by atoms with Gasteiger partial charge in [-0.15, -0.1) is 12.4 Å². The third kappa shape index (κ3) is 1.80. The molecule has 3 atom stereocenters. The molecule has 1 aromatic carbocycles. The first-order valence-corrected chi connectivity index (χ1v) is 6.51. The number of hydrogen-bond donors (Lipinski definition) is 0. The second-order valence-corrected chi connectivity index (χ2v) is 5.61. The van der Waals surface area contributed by atoms with Crippen LogP contribution >= 0.6 is 12.4 Å². The van der Waals surface area contributed by atoms with Crippen molar-refractivity contribution >= 4 is 12.4 Å². The minimum Gasteiger partial charge on any atom is -0.300 e. The quantitative estimate of drug-likeness (QED) is 0.737. The van der Waals surface area contributed by atoms with E-state index in [9.17, 15) is 0 Å². The van der Waals surface area contributed by atoms with Crippen molar-refractivity contribution in [2.45, 2.75) is 50.1 Å². The molecule has 1 aliphatic heterocycles. The highest BCUT2D eigenvalue weighted by atomic mass is 35.5. The summed E-state index contributed by atoms with van der Waals surface area (Å²) in [7, 11) is 2.31. The van der Waals surface area contributed by atoms with E-state index in [1.54, 1.807) is 5.56 Å². The van der Waals surface area contributed by atoms with Crippen molar-refractivity contribution in [1.82, 2.24) is 4.90 Å². The fourth-order valence-corrected chi connectivity index (χ4v) is 3.98. The summed E-state index contributed by atoms with van der Waals surface area (Å²) in [6.45, 7) is 2.42. The Morgan fingerprint density at radius 3 is 2.65 bits per heavy atom. The molecule has 0 unspecified atom stereocenters. The zero-order valence-electron chi connectivity index (χ0n) is 10.7. The highest BCUT2D eigenvalue weighted by Gasteiger charge is 2.51. The number of hydrogen-bond acceptors (Lipinski definition) is 1. The highest BCUT2D eigenvalue weighted by molar-refractivity contribution is 5.85. The largest absolute Gasteiger partial charge is 0.300 e. The molecule has 2 bridgehead atoms. The molecule has 2 fully saturated rings. The first kappa shape index (κ1) is 12.9. The Hall–Kier alpha value is -0.530. The molecule has 2 aliphatic rings. The van der Waals surface area contributed by atoms with Crippen molar-refractivity contribution < 1.29 is 0 Å². The van der Waals surface area contributed by atoms with Crippen LogP contribution in [0.4, 0.5) is 0 Å². The fraction of sp³-hybridized carbons (Fsp3) is 0.600. The van der Waals surface area contributed by atoms with Gasteiger partial charge >= 0.3 is 0 Å². The number of nitrogens with zero attached hydrogens (tertiary/aromatic N) is 1. The third-order valence-electron chi connectivity index (χ3n) is 5.10. The number of halogens is 1. The zero-order chi connectivity index (χ0) is 11.2. The topological polar surface area (TPSA) is 3.24 Å². The summed E-state index contributed by atoms with van der Waals surface area (Å²) < 4.78 is 0. The average Bonchev–Trinajstić information content (AvgIpc) is 2.53. The molecule has 1 nitrogen and oxygen atoms in total. The van der Waals surface area contributed by atoms with Gasteiger partial charge in [0.2, 0.25) is 0 Å². The number of fused-ring (bicyclic) bond motifs is 2. The SMILES string of the molecule is C[C@H]1N(C)[C@H]2CCC[C@]1(c1ccccc1)C2.Cl. The van der Waals surface area contributed by atoms with Crippen LogP contribution in [0.25, 0.3) is 0 Å². The van der Waals surface area contributed by atoms with Crippen LogP contribution in [-0.4, -0.2) is 24.0 Å². The van der Waals surface area contributed by atoms with Gasteiger partial charge in [-0.1, -0.05) is 36.8 Å². The van der Waals surface area contributed by atoms with Crippen molar-refractivity contribution in [2.75, 3.05) is 7.05 Å². The molecule has 3 rings (SSSR count). The van der Waals surface area contributed by atoms with E-state index in [0.717, 1.165) is 6.04 Å². The summed E-state index contributed by atoms with van der Waals surface area (Å²) in [4.78, 5) is 2.61. The van der Waals surface area contributed by atoms with Gasteiger partial charge in [-0.3, -0.25) is 4.90 Å². The van der Waals surface area contributed by atoms with Gasteiger partial charge in [0.1, 0.15) is 0 Å². The van der Waals surface area contributed by atoms with Gasteiger partial charge in [-0.05, 0) is 38.8 Å². The summed E-state index contributed by atoms with van der Waals surface area (Å²) in [5.41, 5.74) is 2.01. The summed E-state index contributed by atoms with van der Waals surface area (Å²) in [5, 5.41) is 0. The standard InChI is InChI=1S/C15H21N.ClH/c1-12-15(13-7-4-3-5-8-13)10-6-9-14(11-15)16(12)2;/h3-5,7-8,12,14H,6,9-11H2,1-2H3;1H/t12-,14+,15+;/m1./s1. The number of likely N-dealkylation sites (tertiary alicyclic amines) is 1. The molecule has 0 aromatic heterocycles. The lowest BCUT2D eigenvalue weighted by atomic mass is 9.68.